The zero-order chi connectivity index (χ0) is 22.8. The number of pyridine rings is 1. The van der Waals surface area contributed by atoms with E-state index in [4.69, 9.17) is 25.8 Å². The highest BCUT2D eigenvalue weighted by Gasteiger charge is 2.25. The fourth-order valence-electron chi connectivity index (χ4n) is 3.73. The number of fused-ring (bicyclic) bond motifs is 2. The van der Waals surface area contributed by atoms with Crippen molar-refractivity contribution in [1.29, 1.82) is 0 Å². The van der Waals surface area contributed by atoms with Gasteiger partial charge in [-0.05, 0) is 48.0 Å². The summed E-state index contributed by atoms with van der Waals surface area (Å²) in [5.41, 5.74) is 1.42. The van der Waals surface area contributed by atoms with Crippen LogP contribution in [0.4, 0.5) is 0 Å². The average molecular weight is 463 g/mol. The molecule has 5 rings (SSSR count). The van der Waals surface area contributed by atoms with E-state index in [2.05, 4.69) is 10.3 Å². The third-order valence-electron chi connectivity index (χ3n) is 5.30. The van der Waals surface area contributed by atoms with E-state index in [0.717, 1.165) is 0 Å². The van der Waals surface area contributed by atoms with Crippen molar-refractivity contribution in [3.05, 3.63) is 89.1 Å². The molecule has 8 heteroatoms. The van der Waals surface area contributed by atoms with Crippen molar-refractivity contribution in [2.75, 3.05) is 13.4 Å². The number of aromatic hydroxyl groups is 1. The van der Waals surface area contributed by atoms with Crippen LogP contribution in [0, 0.1) is 0 Å². The number of amides is 1. The van der Waals surface area contributed by atoms with E-state index in [1.54, 1.807) is 54.7 Å². The molecule has 1 aromatic heterocycles. The fraction of sp³-hybridized carbons (Fsp3) is 0.120. The molecule has 0 fully saturated rings. The number of nitrogens with one attached hydrogen (secondary N) is 1. The molecule has 0 radical (unpaired) electrons. The second-order valence-electron chi connectivity index (χ2n) is 7.41. The maximum Gasteiger partial charge on any atom is 0.258 e. The fourth-order valence-corrected chi connectivity index (χ4v) is 4.00. The van der Waals surface area contributed by atoms with Gasteiger partial charge in [-0.15, -0.1) is 0 Å². The minimum absolute atomic E-state index is 0.0676. The van der Waals surface area contributed by atoms with Crippen LogP contribution < -0.4 is 19.5 Å². The van der Waals surface area contributed by atoms with Crippen LogP contribution in [-0.2, 0) is 4.79 Å². The molecule has 0 aliphatic carbocycles. The Kier molecular flexibility index (Phi) is 5.62. The van der Waals surface area contributed by atoms with Crippen molar-refractivity contribution in [1.82, 2.24) is 10.3 Å². The topological polar surface area (TPSA) is 89.9 Å². The van der Waals surface area contributed by atoms with Crippen LogP contribution in [-0.4, -0.2) is 29.4 Å². The Morgan fingerprint density at radius 1 is 1.09 bits per heavy atom. The Hall–Kier alpha value is -3.97. The highest BCUT2D eigenvalue weighted by atomic mass is 35.5. The summed E-state index contributed by atoms with van der Waals surface area (Å²) >= 11 is 6.50. The second-order valence-corrected chi connectivity index (χ2v) is 7.82. The molecule has 2 heterocycles. The summed E-state index contributed by atoms with van der Waals surface area (Å²) in [6, 6.07) is 18.8. The monoisotopic (exact) mass is 462 g/mol. The van der Waals surface area contributed by atoms with Crippen molar-refractivity contribution in [2.45, 2.75) is 6.04 Å². The van der Waals surface area contributed by atoms with Crippen LogP contribution >= 0.6 is 11.6 Å². The first-order chi connectivity index (χ1) is 16.1. The van der Waals surface area contributed by atoms with Crippen LogP contribution in [0.25, 0.3) is 10.9 Å². The SMILES string of the molecule is O=C(COc1ccccc1)NC(c1ccc2c(c1)OCO2)c1cc(Cl)c2cccnc2c1O. The molecule has 3 aromatic carbocycles. The van der Waals surface area contributed by atoms with E-state index in [0.29, 0.717) is 44.3 Å². The third-order valence-corrected chi connectivity index (χ3v) is 5.62. The molecule has 1 amide bonds. The maximum atomic E-state index is 12.8. The van der Waals surface area contributed by atoms with Gasteiger partial charge >= 0.3 is 0 Å². The summed E-state index contributed by atoms with van der Waals surface area (Å²) in [6.07, 6.45) is 1.57. The number of halogens is 1. The van der Waals surface area contributed by atoms with Crippen LogP contribution in [0.3, 0.4) is 0 Å². The second kappa shape index (κ2) is 8.88. The lowest BCUT2D eigenvalue weighted by Crippen LogP contribution is -2.33. The number of phenols is 1. The van der Waals surface area contributed by atoms with E-state index in [9.17, 15) is 9.90 Å². The lowest BCUT2D eigenvalue weighted by atomic mass is 9.95. The van der Waals surface area contributed by atoms with Crippen LogP contribution in [0.1, 0.15) is 17.2 Å². The first-order valence-electron chi connectivity index (χ1n) is 10.2. The number of hydrogen-bond acceptors (Lipinski definition) is 6. The number of benzene rings is 3. The number of para-hydroxylation sites is 1. The summed E-state index contributed by atoms with van der Waals surface area (Å²) in [4.78, 5) is 17.1. The van der Waals surface area contributed by atoms with Crippen molar-refractivity contribution >= 4 is 28.4 Å². The molecular formula is C25H19ClN2O5. The van der Waals surface area contributed by atoms with Crippen molar-refractivity contribution in [2.24, 2.45) is 0 Å². The van der Waals surface area contributed by atoms with Crippen molar-refractivity contribution < 1.29 is 24.1 Å². The van der Waals surface area contributed by atoms with Gasteiger partial charge in [0.05, 0.1) is 11.1 Å². The number of carbonyl (C=O) groups is 1. The van der Waals surface area contributed by atoms with Gasteiger partial charge in [-0.1, -0.05) is 35.9 Å². The Morgan fingerprint density at radius 2 is 1.91 bits per heavy atom. The first-order valence-corrected chi connectivity index (χ1v) is 10.6. The van der Waals surface area contributed by atoms with Gasteiger partial charge in [-0.25, -0.2) is 0 Å². The maximum absolute atomic E-state index is 12.8. The van der Waals surface area contributed by atoms with Gasteiger partial charge in [-0.2, -0.15) is 0 Å². The molecule has 1 atom stereocenters. The zero-order valence-corrected chi connectivity index (χ0v) is 18.1. The minimum atomic E-state index is -0.740. The van der Waals surface area contributed by atoms with Gasteiger partial charge in [0, 0.05) is 17.1 Å². The van der Waals surface area contributed by atoms with E-state index in [1.807, 2.05) is 18.2 Å². The van der Waals surface area contributed by atoms with E-state index >= 15 is 0 Å². The van der Waals surface area contributed by atoms with E-state index < -0.39 is 6.04 Å². The van der Waals surface area contributed by atoms with E-state index in [-0.39, 0.29) is 25.1 Å². The number of carbonyl (C=O) groups excluding carboxylic acids is 1. The Bertz CT molecular complexity index is 1330. The predicted octanol–water partition coefficient (Wildman–Crippen LogP) is 4.61. The van der Waals surface area contributed by atoms with Gasteiger partial charge in [0.2, 0.25) is 6.79 Å². The Balaban J connectivity index is 1.51. The van der Waals surface area contributed by atoms with Crippen molar-refractivity contribution in [3.63, 3.8) is 0 Å². The Morgan fingerprint density at radius 3 is 2.76 bits per heavy atom. The molecule has 4 aromatic rings. The van der Waals surface area contributed by atoms with Gasteiger partial charge in [0.1, 0.15) is 17.0 Å². The highest BCUT2D eigenvalue weighted by Crippen LogP contribution is 2.41. The van der Waals surface area contributed by atoms with E-state index in [1.165, 1.54) is 0 Å². The largest absolute Gasteiger partial charge is 0.505 e. The molecule has 0 saturated carbocycles. The summed E-state index contributed by atoms with van der Waals surface area (Å²) in [7, 11) is 0. The summed E-state index contributed by atoms with van der Waals surface area (Å²) < 4.78 is 16.5. The van der Waals surface area contributed by atoms with Gasteiger partial charge in [0.25, 0.3) is 5.91 Å². The van der Waals surface area contributed by atoms with Gasteiger partial charge < -0.3 is 24.6 Å². The third kappa shape index (κ3) is 4.23. The van der Waals surface area contributed by atoms with Crippen LogP contribution in [0.2, 0.25) is 5.02 Å². The number of rotatable bonds is 6. The number of ether oxygens (including phenoxy) is 3. The number of phenolic OH excluding ortho intramolecular Hbond substituents is 1. The Labute approximate surface area is 194 Å². The van der Waals surface area contributed by atoms with Crippen LogP contribution in [0.15, 0.2) is 72.9 Å². The molecule has 1 aliphatic rings. The lowest BCUT2D eigenvalue weighted by molar-refractivity contribution is -0.123. The molecule has 1 aliphatic heterocycles. The van der Waals surface area contributed by atoms with Crippen LogP contribution in [0.5, 0.6) is 23.0 Å². The quantitative estimate of drug-likeness (QED) is 0.435. The zero-order valence-electron chi connectivity index (χ0n) is 17.3. The summed E-state index contributed by atoms with van der Waals surface area (Å²) in [5, 5.41) is 15.0. The first kappa shape index (κ1) is 20.9. The molecule has 1 unspecified atom stereocenters. The summed E-state index contributed by atoms with van der Waals surface area (Å²) in [5.74, 6) is 1.30. The average Bonchev–Trinajstić information content (AvgIpc) is 3.32. The lowest BCUT2D eigenvalue weighted by Gasteiger charge is -2.22. The molecular weight excluding hydrogens is 444 g/mol. The molecule has 0 bridgehead atoms. The van der Waals surface area contributed by atoms with Gasteiger partial charge in [0.15, 0.2) is 18.1 Å². The molecule has 0 saturated heterocycles. The molecule has 2 N–H and O–H groups in total. The number of nitrogens with zero attached hydrogens (tertiary/aromatic N) is 1. The smallest absolute Gasteiger partial charge is 0.258 e. The highest BCUT2D eigenvalue weighted by molar-refractivity contribution is 6.35. The predicted molar refractivity (Wildman–Crippen MR) is 123 cm³/mol. The molecule has 33 heavy (non-hydrogen) atoms. The molecule has 7 nitrogen and oxygen atoms in total. The standard InChI is InChI=1S/C25H19ClN2O5/c26-19-12-18(25(30)24-17(19)7-4-10-27-24)23(15-8-9-20-21(11-15)33-14-32-20)28-22(29)13-31-16-5-2-1-3-6-16/h1-12,23,30H,13-14H2,(H,28,29). The molecule has 0 spiro atoms. The van der Waals surface area contributed by atoms with Gasteiger partial charge in [-0.3, -0.25) is 9.78 Å². The number of hydrogen-bond donors (Lipinski definition) is 2. The minimum Gasteiger partial charge on any atom is -0.505 e. The molecule has 166 valence electrons. The summed E-state index contributed by atoms with van der Waals surface area (Å²) in [6.45, 7) is -0.0803. The normalized spacial score (nSPS) is 13.0. The number of aromatic nitrogens is 1. The van der Waals surface area contributed by atoms with Crippen molar-refractivity contribution in [3.8, 4) is 23.0 Å².